The van der Waals surface area contributed by atoms with Gasteiger partial charge in [-0.1, -0.05) is 35.9 Å². The minimum atomic E-state index is 0.160. The SMILES string of the molecule is C/C=C/C(=O)Cc1cccc(C)c1. The normalized spacial score (nSPS) is 10.6. The van der Waals surface area contributed by atoms with Crippen LogP contribution < -0.4 is 0 Å². The molecular weight excluding hydrogens is 160 g/mol. The Balaban J connectivity index is 2.69. The zero-order valence-electron chi connectivity index (χ0n) is 8.08. The lowest BCUT2D eigenvalue weighted by molar-refractivity contribution is -0.114. The van der Waals surface area contributed by atoms with Gasteiger partial charge in [-0.2, -0.15) is 0 Å². The Hall–Kier alpha value is -1.37. The van der Waals surface area contributed by atoms with Gasteiger partial charge in [0, 0.05) is 6.42 Å². The van der Waals surface area contributed by atoms with Crippen LogP contribution in [-0.2, 0) is 11.2 Å². The van der Waals surface area contributed by atoms with Crippen molar-refractivity contribution in [2.45, 2.75) is 20.3 Å². The van der Waals surface area contributed by atoms with E-state index in [1.807, 2.05) is 38.1 Å². The molecule has 0 spiro atoms. The van der Waals surface area contributed by atoms with Crippen molar-refractivity contribution in [3.05, 3.63) is 47.5 Å². The summed E-state index contributed by atoms with van der Waals surface area (Å²) in [6.45, 7) is 3.89. The fourth-order valence-electron chi connectivity index (χ4n) is 1.27. The molecule has 0 aliphatic heterocycles. The Kier molecular flexibility index (Phi) is 3.44. The van der Waals surface area contributed by atoms with Crippen molar-refractivity contribution in [2.24, 2.45) is 0 Å². The van der Waals surface area contributed by atoms with Crippen molar-refractivity contribution in [2.75, 3.05) is 0 Å². The van der Waals surface area contributed by atoms with Crippen LogP contribution in [0.4, 0.5) is 0 Å². The summed E-state index contributed by atoms with van der Waals surface area (Å²) in [5.41, 5.74) is 2.29. The molecule has 0 aliphatic carbocycles. The number of hydrogen-bond acceptors (Lipinski definition) is 1. The summed E-state index contributed by atoms with van der Waals surface area (Å²) in [5, 5.41) is 0. The maximum Gasteiger partial charge on any atom is 0.159 e. The number of rotatable bonds is 3. The van der Waals surface area contributed by atoms with Gasteiger partial charge in [-0.15, -0.1) is 0 Å². The average Bonchev–Trinajstić information content (AvgIpc) is 2.04. The lowest BCUT2D eigenvalue weighted by atomic mass is 10.1. The summed E-state index contributed by atoms with van der Waals surface area (Å²) < 4.78 is 0. The van der Waals surface area contributed by atoms with Crippen LogP contribution in [0, 0.1) is 6.92 Å². The molecule has 0 atom stereocenters. The highest BCUT2D eigenvalue weighted by atomic mass is 16.1. The molecule has 1 aromatic carbocycles. The van der Waals surface area contributed by atoms with E-state index in [9.17, 15) is 4.79 Å². The molecule has 1 aromatic rings. The minimum Gasteiger partial charge on any atom is -0.294 e. The topological polar surface area (TPSA) is 17.1 Å². The van der Waals surface area contributed by atoms with Gasteiger partial charge >= 0.3 is 0 Å². The molecule has 68 valence electrons. The van der Waals surface area contributed by atoms with Gasteiger partial charge in [0.2, 0.25) is 0 Å². The van der Waals surface area contributed by atoms with E-state index < -0.39 is 0 Å². The Morgan fingerprint density at radius 1 is 1.46 bits per heavy atom. The molecular formula is C12H14O. The highest BCUT2D eigenvalue weighted by molar-refractivity contribution is 5.91. The molecule has 1 nitrogen and oxygen atoms in total. The molecule has 0 fully saturated rings. The second kappa shape index (κ2) is 4.61. The van der Waals surface area contributed by atoms with E-state index >= 15 is 0 Å². The maximum absolute atomic E-state index is 11.2. The van der Waals surface area contributed by atoms with Crippen LogP contribution in [-0.4, -0.2) is 5.78 Å². The zero-order valence-corrected chi connectivity index (χ0v) is 8.08. The fourth-order valence-corrected chi connectivity index (χ4v) is 1.27. The van der Waals surface area contributed by atoms with Crippen molar-refractivity contribution in [1.29, 1.82) is 0 Å². The molecule has 0 radical (unpaired) electrons. The monoisotopic (exact) mass is 174 g/mol. The third kappa shape index (κ3) is 3.24. The first kappa shape index (κ1) is 9.72. The summed E-state index contributed by atoms with van der Waals surface area (Å²) in [7, 11) is 0. The number of ketones is 1. The van der Waals surface area contributed by atoms with Gasteiger partial charge in [-0.05, 0) is 25.5 Å². The Morgan fingerprint density at radius 2 is 2.23 bits per heavy atom. The highest BCUT2D eigenvalue weighted by Gasteiger charge is 1.98. The van der Waals surface area contributed by atoms with Crippen LogP contribution in [0.1, 0.15) is 18.1 Å². The Labute approximate surface area is 79.1 Å². The van der Waals surface area contributed by atoms with E-state index in [2.05, 4.69) is 0 Å². The number of hydrogen-bond donors (Lipinski definition) is 0. The van der Waals surface area contributed by atoms with Gasteiger partial charge in [0.05, 0.1) is 0 Å². The summed E-state index contributed by atoms with van der Waals surface area (Å²) >= 11 is 0. The smallest absolute Gasteiger partial charge is 0.159 e. The molecule has 0 aliphatic rings. The molecule has 0 heterocycles. The predicted molar refractivity (Wildman–Crippen MR) is 54.7 cm³/mol. The summed E-state index contributed by atoms with van der Waals surface area (Å²) in [5.74, 6) is 0.160. The van der Waals surface area contributed by atoms with Gasteiger partial charge in [0.1, 0.15) is 0 Å². The van der Waals surface area contributed by atoms with Crippen LogP contribution in [0.5, 0.6) is 0 Å². The van der Waals surface area contributed by atoms with Crippen molar-refractivity contribution in [3.8, 4) is 0 Å². The molecule has 0 saturated heterocycles. The largest absolute Gasteiger partial charge is 0.294 e. The highest BCUT2D eigenvalue weighted by Crippen LogP contribution is 2.05. The number of allylic oxidation sites excluding steroid dienone is 2. The maximum atomic E-state index is 11.2. The second-order valence-corrected chi connectivity index (χ2v) is 3.13. The van der Waals surface area contributed by atoms with Crippen molar-refractivity contribution in [1.82, 2.24) is 0 Å². The molecule has 0 unspecified atom stereocenters. The first-order valence-electron chi connectivity index (χ1n) is 4.43. The van der Waals surface area contributed by atoms with E-state index in [1.165, 1.54) is 5.56 Å². The van der Waals surface area contributed by atoms with E-state index in [4.69, 9.17) is 0 Å². The molecule has 0 saturated carbocycles. The predicted octanol–water partition coefficient (Wildman–Crippen LogP) is 2.68. The van der Waals surface area contributed by atoms with Crippen molar-refractivity contribution in [3.63, 3.8) is 0 Å². The Bertz CT molecular complexity index is 324. The molecule has 13 heavy (non-hydrogen) atoms. The van der Waals surface area contributed by atoms with Crippen LogP contribution in [0.2, 0.25) is 0 Å². The van der Waals surface area contributed by atoms with Gasteiger partial charge < -0.3 is 0 Å². The number of benzene rings is 1. The summed E-state index contributed by atoms with van der Waals surface area (Å²) in [6, 6.07) is 8.03. The molecule has 0 amide bonds. The molecule has 0 aromatic heterocycles. The van der Waals surface area contributed by atoms with Crippen molar-refractivity contribution < 1.29 is 4.79 Å². The number of carbonyl (C=O) groups is 1. The number of carbonyl (C=O) groups excluding carboxylic acids is 1. The van der Waals surface area contributed by atoms with E-state index in [0.29, 0.717) is 6.42 Å². The average molecular weight is 174 g/mol. The van der Waals surface area contributed by atoms with Crippen LogP contribution in [0.15, 0.2) is 36.4 Å². The minimum absolute atomic E-state index is 0.160. The zero-order chi connectivity index (χ0) is 9.68. The lowest BCUT2D eigenvalue weighted by Gasteiger charge is -1.98. The van der Waals surface area contributed by atoms with E-state index in [0.717, 1.165) is 5.56 Å². The van der Waals surface area contributed by atoms with E-state index in [-0.39, 0.29) is 5.78 Å². The lowest BCUT2D eigenvalue weighted by Crippen LogP contribution is -1.98. The third-order valence-corrected chi connectivity index (χ3v) is 1.81. The van der Waals surface area contributed by atoms with Crippen LogP contribution >= 0.6 is 0 Å². The first-order valence-corrected chi connectivity index (χ1v) is 4.43. The van der Waals surface area contributed by atoms with Crippen LogP contribution in [0.25, 0.3) is 0 Å². The molecule has 0 bridgehead atoms. The fraction of sp³-hybridized carbons (Fsp3) is 0.250. The Morgan fingerprint density at radius 3 is 2.85 bits per heavy atom. The van der Waals surface area contributed by atoms with Gasteiger partial charge in [0.15, 0.2) is 5.78 Å². The summed E-state index contributed by atoms with van der Waals surface area (Å²) in [6.07, 6.45) is 3.90. The quantitative estimate of drug-likeness (QED) is 0.644. The standard InChI is InChI=1S/C12H14O/c1-3-5-12(13)9-11-7-4-6-10(2)8-11/h3-8H,9H2,1-2H3/b5-3+. The third-order valence-electron chi connectivity index (χ3n) is 1.81. The molecule has 1 heteroatoms. The van der Waals surface area contributed by atoms with Gasteiger partial charge in [-0.3, -0.25) is 4.79 Å². The first-order chi connectivity index (χ1) is 6.22. The molecule has 1 rings (SSSR count). The van der Waals surface area contributed by atoms with Gasteiger partial charge in [-0.25, -0.2) is 0 Å². The van der Waals surface area contributed by atoms with E-state index in [1.54, 1.807) is 12.2 Å². The van der Waals surface area contributed by atoms with Gasteiger partial charge in [0.25, 0.3) is 0 Å². The second-order valence-electron chi connectivity index (χ2n) is 3.13. The summed E-state index contributed by atoms with van der Waals surface area (Å²) in [4.78, 5) is 11.2. The molecule has 0 N–H and O–H groups in total. The number of aryl methyl sites for hydroxylation is 1. The van der Waals surface area contributed by atoms with Crippen molar-refractivity contribution >= 4 is 5.78 Å². The van der Waals surface area contributed by atoms with Crippen LogP contribution in [0.3, 0.4) is 0 Å².